The summed E-state index contributed by atoms with van der Waals surface area (Å²) < 4.78 is 5.72. The van der Waals surface area contributed by atoms with Gasteiger partial charge in [-0.3, -0.25) is 5.41 Å². The van der Waals surface area contributed by atoms with Crippen molar-refractivity contribution >= 4 is 16.7 Å². The van der Waals surface area contributed by atoms with Crippen LogP contribution in [0.4, 0.5) is 0 Å². The lowest BCUT2D eigenvalue weighted by atomic mass is 10.1. The minimum atomic E-state index is -0.00758. The summed E-state index contributed by atoms with van der Waals surface area (Å²) in [6, 6.07) is 9.64. The predicted octanol–water partition coefficient (Wildman–Crippen LogP) is 3.48. The van der Waals surface area contributed by atoms with Gasteiger partial charge in [-0.15, -0.1) is 0 Å². The summed E-state index contributed by atoms with van der Waals surface area (Å²) in [4.78, 5) is 4.47. The normalized spacial score (nSPS) is 10.7. The van der Waals surface area contributed by atoms with E-state index in [0.29, 0.717) is 18.1 Å². The molecule has 1 heterocycles. The molecule has 0 aliphatic heterocycles. The lowest BCUT2D eigenvalue weighted by molar-refractivity contribution is 0.294. The molecule has 106 valence electrons. The van der Waals surface area contributed by atoms with Gasteiger partial charge in [0.25, 0.3) is 0 Å². The molecule has 0 aliphatic carbocycles. The summed E-state index contributed by atoms with van der Waals surface area (Å²) in [5, 5.41) is 8.62. The third-order valence-corrected chi connectivity index (χ3v) is 3.22. The Hall–Kier alpha value is -2.10. The van der Waals surface area contributed by atoms with E-state index >= 15 is 0 Å². The van der Waals surface area contributed by atoms with Crippen LogP contribution in [-0.4, -0.2) is 17.4 Å². The Labute approximate surface area is 119 Å². The van der Waals surface area contributed by atoms with E-state index in [9.17, 15) is 0 Å². The van der Waals surface area contributed by atoms with Gasteiger partial charge in [0.1, 0.15) is 5.84 Å². The van der Waals surface area contributed by atoms with E-state index in [1.807, 2.05) is 30.3 Å². The van der Waals surface area contributed by atoms with Crippen molar-refractivity contribution in [1.29, 1.82) is 5.41 Å². The highest BCUT2D eigenvalue weighted by Crippen LogP contribution is 2.22. The molecule has 4 nitrogen and oxygen atoms in total. The van der Waals surface area contributed by atoms with Crippen molar-refractivity contribution in [3.8, 4) is 5.88 Å². The van der Waals surface area contributed by atoms with Crippen LogP contribution in [0.3, 0.4) is 0 Å². The number of pyridine rings is 1. The van der Waals surface area contributed by atoms with Crippen molar-refractivity contribution in [2.24, 2.45) is 5.73 Å². The highest BCUT2D eigenvalue weighted by Gasteiger charge is 2.10. The first kappa shape index (κ1) is 14.3. The van der Waals surface area contributed by atoms with Crippen molar-refractivity contribution in [1.82, 2.24) is 4.98 Å². The summed E-state index contributed by atoms with van der Waals surface area (Å²) >= 11 is 0. The fraction of sp³-hybridized carbons (Fsp3) is 0.375. The van der Waals surface area contributed by atoms with Crippen molar-refractivity contribution < 1.29 is 4.74 Å². The van der Waals surface area contributed by atoms with Gasteiger partial charge in [-0.1, -0.05) is 44.4 Å². The molecule has 2 aromatic rings. The molecule has 0 fully saturated rings. The number of nitrogen functional groups attached to an aromatic ring is 1. The van der Waals surface area contributed by atoms with Crippen LogP contribution in [0.1, 0.15) is 38.2 Å². The molecule has 0 radical (unpaired) electrons. The Balaban J connectivity index is 2.17. The summed E-state index contributed by atoms with van der Waals surface area (Å²) in [6.45, 7) is 2.80. The highest BCUT2D eigenvalue weighted by molar-refractivity contribution is 6.00. The monoisotopic (exact) mass is 271 g/mol. The second kappa shape index (κ2) is 6.89. The molecule has 20 heavy (non-hydrogen) atoms. The zero-order valence-corrected chi connectivity index (χ0v) is 11.9. The maximum absolute atomic E-state index is 7.66. The molecule has 0 saturated carbocycles. The molecule has 0 unspecified atom stereocenters. The third-order valence-electron chi connectivity index (χ3n) is 3.22. The number of rotatable bonds is 7. The van der Waals surface area contributed by atoms with E-state index in [1.54, 1.807) is 0 Å². The van der Waals surface area contributed by atoms with Gasteiger partial charge in [-0.05, 0) is 18.6 Å². The lowest BCUT2D eigenvalue weighted by Crippen LogP contribution is -2.14. The molecule has 0 amide bonds. The van der Waals surface area contributed by atoms with Gasteiger partial charge in [0.15, 0.2) is 0 Å². The number of ether oxygens (including phenoxy) is 1. The SMILES string of the molecule is CCCCCCOc1nc2ccccc2cc1C(=N)N. The first-order chi connectivity index (χ1) is 9.72. The standard InChI is InChI=1S/C16H21N3O/c1-2-3-4-7-10-20-16-13(15(17)18)11-12-8-5-6-9-14(12)19-16/h5-6,8-9,11H,2-4,7,10H2,1H3,(H3,17,18). The van der Waals surface area contributed by atoms with Crippen LogP contribution in [0, 0.1) is 5.41 Å². The Morgan fingerprint density at radius 1 is 1.25 bits per heavy atom. The molecule has 0 atom stereocenters. The minimum Gasteiger partial charge on any atom is -0.477 e. The van der Waals surface area contributed by atoms with E-state index in [4.69, 9.17) is 15.9 Å². The van der Waals surface area contributed by atoms with Crippen LogP contribution >= 0.6 is 0 Å². The van der Waals surface area contributed by atoms with Crippen molar-refractivity contribution in [2.75, 3.05) is 6.61 Å². The van der Waals surface area contributed by atoms with Crippen LogP contribution in [0.15, 0.2) is 30.3 Å². The highest BCUT2D eigenvalue weighted by atomic mass is 16.5. The quantitative estimate of drug-likeness (QED) is 0.460. The molecule has 1 aromatic carbocycles. The largest absolute Gasteiger partial charge is 0.477 e. The lowest BCUT2D eigenvalue weighted by Gasteiger charge is -2.11. The number of hydrogen-bond donors (Lipinski definition) is 2. The molecule has 0 aliphatic rings. The van der Waals surface area contributed by atoms with Crippen LogP contribution in [0.2, 0.25) is 0 Å². The Morgan fingerprint density at radius 2 is 2.05 bits per heavy atom. The summed E-state index contributed by atoms with van der Waals surface area (Å²) in [6.07, 6.45) is 4.57. The number of nitrogens with two attached hydrogens (primary N) is 1. The first-order valence-electron chi connectivity index (χ1n) is 7.09. The third kappa shape index (κ3) is 3.47. The Bertz CT molecular complexity index is 595. The van der Waals surface area contributed by atoms with Crippen molar-refractivity contribution in [3.05, 3.63) is 35.9 Å². The number of amidine groups is 1. The second-order valence-electron chi connectivity index (χ2n) is 4.86. The number of para-hydroxylation sites is 1. The average molecular weight is 271 g/mol. The molecular weight excluding hydrogens is 250 g/mol. The molecule has 4 heteroatoms. The van der Waals surface area contributed by atoms with Gasteiger partial charge in [-0.2, -0.15) is 0 Å². The predicted molar refractivity (Wildman–Crippen MR) is 82.4 cm³/mol. The number of nitrogens with one attached hydrogen (secondary N) is 1. The van der Waals surface area contributed by atoms with Gasteiger partial charge in [-0.25, -0.2) is 4.98 Å². The first-order valence-corrected chi connectivity index (χ1v) is 7.09. The van der Waals surface area contributed by atoms with E-state index in [-0.39, 0.29) is 5.84 Å². The average Bonchev–Trinajstić information content (AvgIpc) is 2.46. The molecule has 0 bridgehead atoms. The molecule has 0 saturated heterocycles. The second-order valence-corrected chi connectivity index (χ2v) is 4.86. The number of nitrogens with zero attached hydrogens (tertiary/aromatic N) is 1. The van der Waals surface area contributed by atoms with E-state index < -0.39 is 0 Å². The molecule has 1 aromatic heterocycles. The summed E-state index contributed by atoms with van der Waals surface area (Å²) in [5.74, 6) is 0.458. The minimum absolute atomic E-state index is 0.00758. The number of aromatic nitrogens is 1. The van der Waals surface area contributed by atoms with E-state index in [0.717, 1.165) is 23.7 Å². The number of hydrogen-bond acceptors (Lipinski definition) is 3. The smallest absolute Gasteiger partial charge is 0.225 e. The molecule has 2 rings (SSSR count). The van der Waals surface area contributed by atoms with Gasteiger partial charge in [0.2, 0.25) is 5.88 Å². The van der Waals surface area contributed by atoms with Gasteiger partial charge in [0, 0.05) is 5.39 Å². The molecular formula is C16H21N3O. The maximum atomic E-state index is 7.66. The summed E-state index contributed by atoms with van der Waals surface area (Å²) in [7, 11) is 0. The summed E-state index contributed by atoms with van der Waals surface area (Å²) in [5.41, 5.74) is 7.05. The van der Waals surface area contributed by atoms with E-state index in [1.165, 1.54) is 12.8 Å². The fourth-order valence-corrected chi connectivity index (χ4v) is 2.10. The van der Waals surface area contributed by atoms with Gasteiger partial charge < -0.3 is 10.5 Å². The fourth-order valence-electron chi connectivity index (χ4n) is 2.10. The van der Waals surface area contributed by atoms with Gasteiger partial charge in [0.05, 0.1) is 17.7 Å². The van der Waals surface area contributed by atoms with Crippen molar-refractivity contribution in [2.45, 2.75) is 32.6 Å². The number of fused-ring (bicyclic) bond motifs is 1. The molecule has 3 N–H and O–H groups in total. The van der Waals surface area contributed by atoms with Crippen molar-refractivity contribution in [3.63, 3.8) is 0 Å². The van der Waals surface area contributed by atoms with Gasteiger partial charge >= 0.3 is 0 Å². The number of unbranched alkanes of at least 4 members (excludes halogenated alkanes) is 3. The Morgan fingerprint density at radius 3 is 2.80 bits per heavy atom. The maximum Gasteiger partial charge on any atom is 0.225 e. The number of benzene rings is 1. The zero-order chi connectivity index (χ0) is 14.4. The van der Waals surface area contributed by atoms with Crippen LogP contribution < -0.4 is 10.5 Å². The topological polar surface area (TPSA) is 72.0 Å². The van der Waals surface area contributed by atoms with Crippen LogP contribution in [0.5, 0.6) is 5.88 Å². The van der Waals surface area contributed by atoms with E-state index in [2.05, 4.69) is 11.9 Å². The zero-order valence-electron chi connectivity index (χ0n) is 11.9. The van der Waals surface area contributed by atoms with Crippen LogP contribution in [0.25, 0.3) is 10.9 Å². The van der Waals surface area contributed by atoms with Crippen LogP contribution in [-0.2, 0) is 0 Å². The Kier molecular flexibility index (Phi) is 4.93. The molecule has 0 spiro atoms.